The lowest BCUT2D eigenvalue weighted by Gasteiger charge is -2.10. The summed E-state index contributed by atoms with van der Waals surface area (Å²) in [6.07, 6.45) is 14.0. The first kappa shape index (κ1) is 11.8. The van der Waals surface area contributed by atoms with Gasteiger partial charge < -0.3 is 5.32 Å². The van der Waals surface area contributed by atoms with Gasteiger partial charge in [0, 0.05) is 12.1 Å². The average molecular weight is 195 g/mol. The molecule has 0 radical (unpaired) electrons. The SMILES string of the molecule is CCC/C=C/[C@H]1CC[C@H](CCCC)N1. The van der Waals surface area contributed by atoms with Gasteiger partial charge in [0.25, 0.3) is 0 Å². The molecular formula is C13H25N. The normalized spacial score (nSPS) is 27.6. The molecule has 2 atom stereocenters. The van der Waals surface area contributed by atoms with Gasteiger partial charge in [-0.25, -0.2) is 0 Å². The lowest BCUT2D eigenvalue weighted by atomic mass is 10.1. The van der Waals surface area contributed by atoms with Crippen molar-refractivity contribution >= 4 is 0 Å². The molecule has 1 heteroatoms. The number of nitrogens with one attached hydrogen (secondary N) is 1. The Bertz CT molecular complexity index is 163. The third kappa shape index (κ3) is 4.28. The minimum atomic E-state index is 0.670. The van der Waals surface area contributed by atoms with Crippen molar-refractivity contribution in [2.75, 3.05) is 0 Å². The first-order valence-corrected chi connectivity index (χ1v) is 6.29. The van der Waals surface area contributed by atoms with Crippen LogP contribution in [0.1, 0.15) is 58.8 Å². The molecule has 1 heterocycles. The lowest BCUT2D eigenvalue weighted by Crippen LogP contribution is -2.27. The summed E-state index contributed by atoms with van der Waals surface area (Å²) in [5, 5.41) is 3.70. The standard InChI is InChI=1S/C13H25N/c1-3-5-7-9-13-11-10-12(14-13)8-6-4-2/h7,9,12-14H,3-6,8,10-11H2,1-2H3/b9-7+/t12-,13-/m0/s1. The third-order valence-electron chi connectivity index (χ3n) is 3.01. The number of unbranched alkanes of at least 4 members (excludes halogenated alkanes) is 2. The largest absolute Gasteiger partial charge is 0.308 e. The molecular weight excluding hydrogens is 170 g/mol. The summed E-state index contributed by atoms with van der Waals surface area (Å²) in [5.74, 6) is 0. The molecule has 0 aromatic carbocycles. The Kier molecular flexibility index (Phi) is 5.93. The average Bonchev–Trinajstić information content (AvgIpc) is 2.63. The van der Waals surface area contributed by atoms with E-state index < -0.39 is 0 Å². The van der Waals surface area contributed by atoms with Crippen LogP contribution in [0.5, 0.6) is 0 Å². The fourth-order valence-electron chi connectivity index (χ4n) is 2.11. The van der Waals surface area contributed by atoms with Crippen molar-refractivity contribution in [3.8, 4) is 0 Å². The smallest absolute Gasteiger partial charge is 0.0253 e. The van der Waals surface area contributed by atoms with Gasteiger partial charge in [0.15, 0.2) is 0 Å². The molecule has 0 aliphatic carbocycles. The van der Waals surface area contributed by atoms with Crippen molar-refractivity contribution in [3.05, 3.63) is 12.2 Å². The van der Waals surface area contributed by atoms with Gasteiger partial charge in [-0.1, -0.05) is 45.3 Å². The molecule has 1 nitrogen and oxygen atoms in total. The zero-order chi connectivity index (χ0) is 10.2. The first-order valence-electron chi connectivity index (χ1n) is 6.29. The number of hydrogen-bond donors (Lipinski definition) is 1. The molecule has 0 amide bonds. The highest BCUT2D eigenvalue weighted by molar-refractivity contribution is 4.98. The summed E-state index contributed by atoms with van der Waals surface area (Å²) in [6, 6.07) is 1.47. The van der Waals surface area contributed by atoms with Gasteiger partial charge in [-0.15, -0.1) is 0 Å². The van der Waals surface area contributed by atoms with E-state index in [9.17, 15) is 0 Å². The van der Waals surface area contributed by atoms with Gasteiger partial charge in [0.05, 0.1) is 0 Å². The molecule has 1 saturated heterocycles. The third-order valence-corrected chi connectivity index (χ3v) is 3.01. The zero-order valence-corrected chi connectivity index (χ0v) is 9.76. The van der Waals surface area contributed by atoms with E-state index in [-0.39, 0.29) is 0 Å². The van der Waals surface area contributed by atoms with Crippen LogP contribution in [0.4, 0.5) is 0 Å². The Morgan fingerprint density at radius 1 is 1.21 bits per heavy atom. The lowest BCUT2D eigenvalue weighted by molar-refractivity contribution is 0.517. The second-order valence-electron chi connectivity index (χ2n) is 4.41. The van der Waals surface area contributed by atoms with Crippen LogP contribution in [0.15, 0.2) is 12.2 Å². The van der Waals surface area contributed by atoms with E-state index in [1.54, 1.807) is 0 Å². The Hall–Kier alpha value is -0.300. The molecule has 0 unspecified atom stereocenters. The van der Waals surface area contributed by atoms with E-state index >= 15 is 0 Å². The molecule has 82 valence electrons. The second-order valence-corrected chi connectivity index (χ2v) is 4.41. The molecule has 1 aliphatic rings. The molecule has 1 fully saturated rings. The highest BCUT2D eigenvalue weighted by Gasteiger charge is 2.20. The van der Waals surface area contributed by atoms with Crippen LogP contribution in [0.25, 0.3) is 0 Å². The Balaban J connectivity index is 2.13. The fraction of sp³-hybridized carbons (Fsp3) is 0.846. The van der Waals surface area contributed by atoms with E-state index in [0.29, 0.717) is 6.04 Å². The van der Waals surface area contributed by atoms with Crippen LogP contribution < -0.4 is 5.32 Å². The van der Waals surface area contributed by atoms with Gasteiger partial charge in [0.1, 0.15) is 0 Å². The molecule has 1 N–H and O–H groups in total. The Morgan fingerprint density at radius 2 is 2.07 bits per heavy atom. The predicted octanol–water partition coefficient (Wildman–Crippen LogP) is 3.65. The number of allylic oxidation sites excluding steroid dienone is 1. The van der Waals surface area contributed by atoms with E-state index in [4.69, 9.17) is 0 Å². The zero-order valence-electron chi connectivity index (χ0n) is 9.76. The molecule has 1 rings (SSSR count). The van der Waals surface area contributed by atoms with Crippen LogP contribution in [-0.4, -0.2) is 12.1 Å². The summed E-state index contributed by atoms with van der Waals surface area (Å²) in [5.41, 5.74) is 0. The van der Waals surface area contributed by atoms with Gasteiger partial charge in [-0.05, 0) is 25.7 Å². The van der Waals surface area contributed by atoms with E-state index in [1.165, 1.54) is 44.9 Å². The molecule has 14 heavy (non-hydrogen) atoms. The van der Waals surface area contributed by atoms with Gasteiger partial charge >= 0.3 is 0 Å². The van der Waals surface area contributed by atoms with Gasteiger partial charge in [-0.2, -0.15) is 0 Å². The van der Waals surface area contributed by atoms with Crippen LogP contribution in [0, 0.1) is 0 Å². The summed E-state index contributed by atoms with van der Waals surface area (Å²) in [6.45, 7) is 4.50. The van der Waals surface area contributed by atoms with Gasteiger partial charge in [-0.3, -0.25) is 0 Å². The number of hydrogen-bond acceptors (Lipinski definition) is 1. The minimum Gasteiger partial charge on any atom is -0.308 e. The van der Waals surface area contributed by atoms with Crippen molar-refractivity contribution in [2.24, 2.45) is 0 Å². The Morgan fingerprint density at radius 3 is 2.79 bits per heavy atom. The first-order chi connectivity index (χ1) is 6.86. The fourth-order valence-corrected chi connectivity index (χ4v) is 2.11. The quantitative estimate of drug-likeness (QED) is 0.638. The summed E-state index contributed by atoms with van der Waals surface area (Å²) in [7, 11) is 0. The Labute approximate surface area is 89.0 Å². The second kappa shape index (κ2) is 7.05. The minimum absolute atomic E-state index is 0.670. The number of rotatable bonds is 6. The van der Waals surface area contributed by atoms with Crippen molar-refractivity contribution < 1.29 is 0 Å². The highest BCUT2D eigenvalue weighted by Crippen LogP contribution is 2.17. The molecule has 0 aromatic rings. The topological polar surface area (TPSA) is 12.0 Å². The summed E-state index contributed by atoms with van der Waals surface area (Å²) < 4.78 is 0. The molecule has 1 aliphatic heterocycles. The predicted molar refractivity (Wildman–Crippen MR) is 63.5 cm³/mol. The van der Waals surface area contributed by atoms with E-state index in [1.807, 2.05) is 0 Å². The maximum atomic E-state index is 3.70. The van der Waals surface area contributed by atoms with Crippen molar-refractivity contribution in [1.82, 2.24) is 5.32 Å². The molecule has 0 bridgehead atoms. The summed E-state index contributed by atoms with van der Waals surface area (Å²) >= 11 is 0. The maximum Gasteiger partial charge on any atom is 0.0253 e. The maximum absolute atomic E-state index is 3.70. The van der Waals surface area contributed by atoms with Gasteiger partial charge in [0.2, 0.25) is 0 Å². The van der Waals surface area contributed by atoms with E-state index in [2.05, 4.69) is 31.3 Å². The van der Waals surface area contributed by atoms with E-state index in [0.717, 1.165) is 6.04 Å². The van der Waals surface area contributed by atoms with Crippen LogP contribution in [-0.2, 0) is 0 Å². The van der Waals surface area contributed by atoms with Crippen molar-refractivity contribution in [1.29, 1.82) is 0 Å². The summed E-state index contributed by atoms with van der Waals surface area (Å²) in [4.78, 5) is 0. The van der Waals surface area contributed by atoms with Crippen LogP contribution in [0.2, 0.25) is 0 Å². The van der Waals surface area contributed by atoms with Crippen LogP contribution in [0.3, 0.4) is 0 Å². The van der Waals surface area contributed by atoms with Crippen molar-refractivity contribution in [2.45, 2.75) is 70.9 Å². The molecule has 0 spiro atoms. The molecule has 0 saturated carbocycles. The highest BCUT2D eigenvalue weighted by atomic mass is 15.0. The monoisotopic (exact) mass is 195 g/mol. The van der Waals surface area contributed by atoms with Crippen LogP contribution >= 0.6 is 0 Å². The molecule has 0 aromatic heterocycles. The van der Waals surface area contributed by atoms with Crippen molar-refractivity contribution in [3.63, 3.8) is 0 Å².